The maximum atomic E-state index is 12.7. The number of carbonyl (C=O) groups excluding carboxylic acids is 3. The van der Waals surface area contributed by atoms with Crippen LogP contribution in [0.15, 0.2) is 29.2 Å². The fourth-order valence-corrected chi connectivity index (χ4v) is 5.28. The van der Waals surface area contributed by atoms with Gasteiger partial charge in [0.2, 0.25) is 5.91 Å². The van der Waals surface area contributed by atoms with Gasteiger partial charge in [0.1, 0.15) is 0 Å². The largest absolute Gasteiger partial charge is 0.353 e. The summed E-state index contributed by atoms with van der Waals surface area (Å²) >= 11 is 0.952. The predicted molar refractivity (Wildman–Crippen MR) is 130 cm³/mol. The number of likely N-dealkylation sites (tertiary alicyclic amines) is 1. The second-order valence-electron chi connectivity index (χ2n) is 10.2. The highest BCUT2D eigenvalue weighted by molar-refractivity contribution is 8.18. The van der Waals surface area contributed by atoms with Crippen molar-refractivity contribution >= 4 is 34.9 Å². The average Bonchev–Trinajstić information content (AvgIpc) is 2.94. The van der Waals surface area contributed by atoms with E-state index in [1.165, 1.54) is 16.9 Å². The maximum absolute atomic E-state index is 12.7. The molecule has 7 heteroatoms. The van der Waals surface area contributed by atoms with Gasteiger partial charge in [0, 0.05) is 26.2 Å². The second-order valence-corrected chi connectivity index (χ2v) is 11.2. The molecule has 2 atom stereocenters. The van der Waals surface area contributed by atoms with Crippen LogP contribution in [0.4, 0.5) is 4.79 Å². The van der Waals surface area contributed by atoms with Crippen molar-refractivity contribution in [2.45, 2.75) is 46.5 Å². The number of benzene rings is 1. The van der Waals surface area contributed by atoms with E-state index >= 15 is 0 Å². The number of thioether (sulfide) groups is 1. The lowest BCUT2D eigenvalue weighted by Gasteiger charge is -2.34. The van der Waals surface area contributed by atoms with E-state index in [4.69, 9.17) is 0 Å². The van der Waals surface area contributed by atoms with E-state index in [-0.39, 0.29) is 35.6 Å². The number of rotatable bonds is 6. The van der Waals surface area contributed by atoms with Crippen LogP contribution in [-0.2, 0) is 15.0 Å². The fraction of sp³-hybridized carbons (Fsp3) is 0.560. The molecule has 2 heterocycles. The molecule has 1 aromatic carbocycles. The van der Waals surface area contributed by atoms with Gasteiger partial charge in [-0.3, -0.25) is 24.2 Å². The van der Waals surface area contributed by atoms with Gasteiger partial charge < -0.3 is 5.32 Å². The van der Waals surface area contributed by atoms with E-state index in [0.29, 0.717) is 23.3 Å². The Morgan fingerprint density at radius 1 is 1.12 bits per heavy atom. The van der Waals surface area contributed by atoms with Crippen LogP contribution in [-0.4, -0.2) is 59.6 Å². The predicted octanol–water partition coefficient (Wildman–Crippen LogP) is 4.11. The summed E-state index contributed by atoms with van der Waals surface area (Å²) in [5.74, 6) is 0.831. The molecule has 0 spiro atoms. The molecule has 6 nitrogen and oxygen atoms in total. The SMILES string of the molecule is C[C@H]1C[C@H](C)CN(CC(=O)NCCN2C(=O)S/C(=C/c3ccc(C(C)(C)C)cc3)C2=O)C1. The molecular weight excluding hydrogens is 422 g/mol. The van der Waals surface area contributed by atoms with Crippen molar-refractivity contribution in [3.05, 3.63) is 40.3 Å². The van der Waals surface area contributed by atoms with Crippen molar-refractivity contribution in [2.75, 3.05) is 32.7 Å². The number of carbonyl (C=O) groups is 3. The number of nitrogens with one attached hydrogen (secondary N) is 1. The Balaban J connectivity index is 1.50. The summed E-state index contributed by atoms with van der Waals surface area (Å²) in [6.45, 7) is 13.6. The second kappa shape index (κ2) is 10.2. The zero-order valence-electron chi connectivity index (χ0n) is 19.8. The summed E-state index contributed by atoms with van der Waals surface area (Å²) in [4.78, 5) is 41.2. The van der Waals surface area contributed by atoms with E-state index in [9.17, 15) is 14.4 Å². The fourth-order valence-electron chi connectivity index (χ4n) is 4.41. The number of amides is 3. The highest BCUT2D eigenvalue weighted by Crippen LogP contribution is 2.32. The smallest absolute Gasteiger partial charge is 0.293 e. The van der Waals surface area contributed by atoms with Crippen LogP contribution in [0.2, 0.25) is 0 Å². The lowest BCUT2D eigenvalue weighted by Crippen LogP contribution is -2.46. The first kappa shape index (κ1) is 24.5. The van der Waals surface area contributed by atoms with Gasteiger partial charge in [-0.15, -0.1) is 0 Å². The van der Waals surface area contributed by atoms with E-state index < -0.39 is 0 Å². The van der Waals surface area contributed by atoms with Crippen LogP contribution in [0, 0.1) is 11.8 Å². The maximum Gasteiger partial charge on any atom is 0.293 e. The minimum absolute atomic E-state index is 0.0608. The van der Waals surface area contributed by atoms with Gasteiger partial charge in [-0.25, -0.2) is 0 Å². The highest BCUT2D eigenvalue weighted by Gasteiger charge is 2.34. The van der Waals surface area contributed by atoms with Crippen molar-refractivity contribution in [1.29, 1.82) is 0 Å². The molecule has 3 amide bonds. The topological polar surface area (TPSA) is 69.7 Å². The minimum atomic E-state index is -0.298. The van der Waals surface area contributed by atoms with Gasteiger partial charge in [0.05, 0.1) is 11.4 Å². The standard InChI is InChI=1S/C25H35N3O3S/c1-17-12-18(2)15-27(14-17)16-22(29)26-10-11-28-23(30)21(32-24(28)31)13-19-6-8-20(9-7-19)25(3,4)5/h6-9,13,17-18H,10-12,14-16H2,1-5H3,(H,26,29)/b21-13+/t17-,18-/m0/s1. The Morgan fingerprint density at radius 3 is 2.34 bits per heavy atom. The number of piperidine rings is 1. The normalized spacial score (nSPS) is 23.8. The number of nitrogens with zero attached hydrogens (tertiary/aromatic N) is 2. The molecule has 2 fully saturated rings. The average molecular weight is 458 g/mol. The molecule has 174 valence electrons. The summed E-state index contributed by atoms with van der Waals surface area (Å²) in [6, 6.07) is 8.04. The molecule has 0 aromatic heterocycles. The Morgan fingerprint density at radius 2 is 1.75 bits per heavy atom. The number of hydrogen-bond acceptors (Lipinski definition) is 5. The van der Waals surface area contributed by atoms with E-state index in [1.54, 1.807) is 6.08 Å². The molecule has 0 aliphatic carbocycles. The summed E-state index contributed by atoms with van der Waals surface area (Å²) in [5.41, 5.74) is 2.17. The lowest BCUT2D eigenvalue weighted by molar-refractivity contribution is -0.125. The number of hydrogen-bond donors (Lipinski definition) is 1. The third-order valence-electron chi connectivity index (χ3n) is 5.92. The zero-order valence-corrected chi connectivity index (χ0v) is 20.6. The molecule has 0 unspecified atom stereocenters. The summed E-state index contributed by atoms with van der Waals surface area (Å²) in [6.07, 6.45) is 2.96. The van der Waals surface area contributed by atoms with E-state index in [1.807, 2.05) is 12.1 Å². The van der Waals surface area contributed by atoms with Crippen LogP contribution >= 0.6 is 11.8 Å². The van der Waals surface area contributed by atoms with Crippen LogP contribution < -0.4 is 5.32 Å². The van der Waals surface area contributed by atoms with Crippen LogP contribution in [0.25, 0.3) is 6.08 Å². The van der Waals surface area contributed by atoms with Crippen molar-refractivity contribution in [3.8, 4) is 0 Å². The van der Waals surface area contributed by atoms with E-state index in [0.717, 1.165) is 30.4 Å². The quantitative estimate of drug-likeness (QED) is 0.651. The summed E-state index contributed by atoms with van der Waals surface area (Å²) in [7, 11) is 0. The zero-order chi connectivity index (χ0) is 23.5. The van der Waals surface area contributed by atoms with Gasteiger partial charge in [-0.1, -0.05) is 58.9 Å². The Bertz CT molecular complexity index is 879. The van der Waals surface area contributed by atoms with Crippen molar-refractivity contribution in [2.24, 2.45) is 11.8 Å². The molecule has 0 radical (unpaired) electrons. The first-order valence-corrected chi connectivity index (χ1v) is 12.2. The summed E-state index contributed by atoms with van der Waals surface area (Å²) in [5, 5.41) is 2.57. The molecule has 1 N–H and O–H groups in total. The van der Waals surface area contributed by atoms with Crippen LogP contribution in [0.1, 0.15) is 52.2 Å². The Kier molecular flexibility index (Phi) is 7.83. The minimum Gasteiger partial charge on any atom is -0.353 e. The monoisotopic (exact) mass is 457 g/mol. The highest BCUT2D eigenvalue weighted by atomic mass is 32.2. The van der Waals surface area contributed by atoms with Crippen molar-refractivity contribution in [3.63, 3.8) is 0 Å². The Labute approximate surface area is 195 Å². The third kappa shape index (κ3) is 6.45. The van der Waals surface area contributed by atoms with Gasteiger partial charge in [-0.2, -0.15) is 0 Å². The van der Waals surface area contributed by atoms with Crippen LogP contribution in [0.5, 0.6) is 0 Å². The molecule has 2 aliphatic heterocycles. The number of imide groups is 1. The van der Waals surface area contributed by atoms with Gasteiger partial charge >= 0.3 is 0 Å². The first-order chi connectivity index (χ1) is 15.0. The molecule has 2 saturated heterocycles. The van der Waals surface area contributed by atoms with E-state index in [2.05, 4.69) is 57.0 Å². The summed E-state index contributed by atoms with van der Waals surface area (Å²) < 4.78 is 0. The lowest BCUT2D eigenvalue weighted by atomic mass is 9.87. The van der Waals surface area contributed by atoms with Gasteiger partial charge in [0.15, 0.2) is 0 Å². The van der Waals surface area contributed by atoms with Crippen molar-refractivity contribution in [1.82, 2.24) is 15.1 Å². The van der Waals surface area contributed by atoms with Gasteiger partial charge in [-0.05, 0) is 52.6 Å². The third-order valence-corrected chi connectivity index (χ3v) is 6.82. The van der Waals surface area contributed by atoms with Gasteiger partial charge in [0.25, 0.3) is 11.1 Å². The molecule has 2 aliphatic rings. The molecule has 0 saturated carbocycles. The molecule has 1 aromatic rings. The molecule has 32 heavy (non-hydrogen) atoms. The molecule has 3 rings (SSSR count). The van der Waals surface area contributed by atoms with Crippen LogP contribution in [0.3, 0.4) is 0 Å². The van der Waals surface area contributed by atoms with Crippen molar-refractivity contribution < 1.29 is 14.4 Å². The molecule has 0 bridgehead atoms. The first-order valence-electron chi connectivity index (χ1n) is 11.4. The molecular formula is C25H35N3O3S. The Hall–Kier alpha value is -2.12.